The van der Waals surface area contributed by atoms with E-state index in [1.54, 1.807) is 12.1 Å². The van der Waals surface area contributed by atoms with Crippen molar-refractivity contribution in [1.82, 2.24) is 0 Å². The Hall–Kier alpha value is -0.950. The van der Waals surface area contributed by atoms with Gasteiger partial charge in [0, 0.05) is 0 Å². The van der Waals surface area contributed by atoms with Crippen LogP contribution in [0.4, 0.5) is 0 Å². The highest BCUT2D eigenvalue weighted by Crippen LogP contribution is 2.09. The minimum atomic E-state index is -3.64. The van der Waals surface area contributed by atoms with Gasteiger partial charge in [-0.2, -0.15) is 0 Å². The first-order valence-electron chi connectivity index (χ1n) is 3.47. The molecule has 1 aromatic carbocycles. The predicted octanol–water partition coefficient (Wildman–Crippen LogP) is -0.276. The lowest BCUT2D eigenvalue weighted by Gasteiger charge is -2.01. The number of benzene rings is 1. The van der Waals surface area contributed by atoms with Crippen LogP contribution in [0.3, 0.4) is 0 Å². The number of nitrogens with two attached hydrogens (primary N) is 2. The Morgan fingerprint density at radius 3 is 2.62 bits per heavy atom. The molecule has 0 aliphatic heterocycles. The fourth-order valence-corrected chi connectivity index (χ4v) is 1.49. The van der Waals surface area contributed by atoms with Crippen molar-refractivity contribution in [1.29, 1.82) is 0 Å². The van der Waals surface area contributed by atoms with E-state index in [4.69, 9.17) is 11.0 Å². The van der Waals surface area contributed by atoms with Crippen LogP contribution in [0.15, 0.2) is 29.2 Å². The van der Waals surface area contributed by atoms with Gasteiger partial charge in [0.1, 0.15) is 0 Å². The molecule has 5 nitrogen and oxygen atoms in total. The molecule has 0 atom stereocenters. The lowest BCUT2D eigenvalue weighted by molar-refractivity contribution is 0.124. The van der Waals surface area contributed by atoms with Gasteiger partial charge < -0.3 is 0 Å². The predicted molar refractivity (Wildman–Crippen MR) is 46.8 cm³/mol. The third-order valence-electron chi connectivity index (χ3n) is 1.48. The van der Waals surface area contributed by atoms with Gasteiger partial charge in [-0.3, -0.25) is 4.84 Å². The second kappa shape index (κ2) is 3.84. The van der Waals surface area contributed by atoms with Crippen LogP contribution in [0, 0.1) is 0 Å². The van der Waals surface area contributed by atoms with Gasteiger partial charge in [0.05, 0.1) is 11.5 Å². The van der Waals surface area contributed by atoms with E-state index < -0.39 is 10.0 Å². The van der Waals surface area contributed by atoms with E-state index in [1.807, 2.05) is 0 Å². The van der Waals surface area contributed by atoms with Crippen LogP contribution in [0.5, 0.6) is 0 Å². The van der Waals surface area contributed by atoms with E-state index >= 15 is 0 Å². The molecular weight excluding hydrogens is 192 g/mol. The number of hydrogen-bond acceptors (Lipinski definition) is 4. The summed E-state index contributed by atoms with van der Waals surface area (Å²) in [5.74, 6) is 4.84. The normalized spacial score (nSPS) is 11.5. The van der Waals surface area contributed by atoms with Gasteiger partial charge in [-0.25, -0.2) is 19.5 Å². The van der Waals surface area contributed by atoms with Crippen molar-refractivity contribution in [2.24, 2.45) is 11.0 Å². The smallest absolute Gasteiger partial charge is 0.238 e. The standard InChI is InChI=1S/C7H10N2O3S/c8-12-5-6-2-1-3-7(4-6)13(9,10)11/h1-4H,5,8H2,(H2,9,10,11). The molecule has 72 valence electrons. The lowest BCUT2D eigenvalue weighted by atomic mass is 10.2. The molecule has 1 aromatic rings. The molecule has 0 fully saturated rings. The quantitative estimate of drug-likeness (QED) is 0.659. The summed E-state index contributed by atoms with van der Waals surface area (Å²) in [6.07, 6.45) is 0. The van der Waals surface area contributed by atoms with Crippen LogP contribution in [0.1, 0.15) is 5.56 Å². The average Bonchev–Trinajstić information content (AvgIpc) is 2.04. The van der Waals surface area contributed by atoms with Crippen molar-refractivity contribution in [3.63, 3.8) is 0 Å². The van der Waals surface area contributed by atoms with E-state index in [2.05, 4.69) is 4.84 Å². The topological polar surface area (TPSA) is 95.4 Å². The maximum absolute atomic E-state index is 10.9. The van der Waals surface area contributed by atoms with E-state index in [-0.39, 0.29) is 11.5 Å². The van der Waals surface area contributed by atoms with Crippen molar-refractivity contribution >= 4 is 10.0 Å². The summed E-state index contributed by atoms with van der Waals surface area (Å²) >= 11 is 0. The Morgan fingerprint density at radius 2 is 2.08 bits per heavy atom. The molecule has 13 heavy (non-hydrogen) atoms. The lowest BCUT2D eigenvalue weighted by Crippen LogP contribution is -2.12. The Labute approximate surface area is 76.3 Å². The fraction of sp³-hybridized carbons (Fsp3) is 0.143. The van der Waals surface area contributed by atoms with Crippen LogP contribution >= 0.6 is 0 Å². The van der Waals surface area contributed by atoms with Crippen LogP contribution in [0.25, 0.3) is 0 Å². The Morgan fingerprint density at radius 1 is 1.38 bits per heavy atom. The van der Waals surface area contributed by atoms with Gasteiger partial charge >= 0.3 is 0 Å². The summed E-state index contributed by atoms with van der Waals surface area (Å²) in [5.41, 5.74) is 0.661. The number of sulfonamides is 1. The Bertz CT molecular complexity index is 388. The molecule has 0 aromatic heterocycles. The highest BCUT2D eigenvalue weighted by molar-refractivity contribution is 7.89. The molecule has 0 bridgehead atoms. The minimum absolute atomic E-state index is 0.0575. The molecule has 0 saturated heterocycles. The first-order chi connectivity index (χ1) is 6.04. The summed E-state index contributed by atoms with van der Waals surface area (Å²) in [7, 11) is -3.64. The second-order valence-electron chi connectivity index (χ2n) is 2.50. The minimum Gasteiger partial charge on any atom is -0.300 e. The third-order valence-corrected chi connectivity index (χ3v) is 2.39. The van der Waals surface area contributed by atoms with Gasteiger partial charge in [-0.05, 0) is 17.7 Å². The van der Waals surface area contributed by atoms with E-state index in [0.29, 0.717) is 5.56 Å². The molecule has 0 saturated carbocycles. The molecule has 6 heteroatoms. The molecule has 0 unspecified atom stereocenters. The van der Waals surface area contributed by atoms with Gasteiger partial charge in [0.2, 0.25) is 10.0 Å². The van der Waals surface area contributed by atoms with Crippen molar-refractivity contribution in [3.8, 4) is 0 Å². The molecule has 0 aliphatic carbocycles. The molecule has 0 aliphatic rings. The maximum atomic E-state index is 10.9. The molecular formula is C7H10N2O3S. The van der Waals surface area contributed by atoms with Crippen molar-refractivity contribution in [3.05, 3.63) is 29.8 Å². The average molecular weight is 202 g/mol. The molecule has 0 amide bonds. The van der Waals surface area contributed by atoms with Crippen molar-refractivity contribution in [2.75, 3.05) is 0 Å². The number of hydrogen-bond donors (Lipinski definition) is 2. The molecule has 0 spiro atoms. The van der Waals surface area contributed by atoms with E-state index in [1.165, 1.54) is 12.1 Å². The third kappa shape index (κ3) is 2.78. The number of rotatable bonds is 3. The van der Waals surface area contributed by atoms with Gasteiger partial charge in [-0.15, -0.1) is 0 Å². The SMILES string of the molecule is NOCc1cccc(S(N)(=O)=O)c1. The summed E-state index contributed by atoms with van der Waals surface area (Å²) in [4.78, 5) is 4.42. The van der Waals surface area contributed by atoms with Crippen LogP contribution < -0.4 is 11.0 Å². The summed E-state index contributed by atoms with van der Waals surface area (Å²) in [5, 5.41) is 4.92. The monoisotopic (exact) mass is 202 g/mol. The van der Waals surface area contributed by atoms with Crippen LogP contribution in [-0.2, 0) is 21.5 Å². The highest BCUT2D eigenvalue weighted by atomic mass is 32.2. The van der Waals surface area contributed by atoms with Gasteiger partial charge in [-0.1, -0.05) is 12.1 Å². The maximum Gasteiger partial charge on any atom is 0.238 e. The first kappa shape index (κ1) is 10.1. The van der Waals surface area contributed by atoms with E-state index in [0.717, 1.165) is 0 Å². The molecule has 1 rings (SSSR count). The first-order valence-corrected chi connectivity index (χ1v) is 5.02. The van der Waals surface area contributed by atoms with Gasteiger partial charge in [0.15, 0.2) is 0 Å². The highest BCUT2D eigenvalue weighted by Gasteiger charge is 2.07. The zero-order chi connectivity index (χ0) is 9.90. The largest absolute Gasteiger partial charge is 0.300 e. The number of primary sulfonamides is 1. The molecule has 4 N–H and O–H groups in total. The Balaban J connectivity index is 3.06. The van der Waals surface area contributed by atoms with Crippen LogP contribution in [-0.4, -0.2) is 8.42 Å². The van der Waals surface area contributed by atoms with Crippen molar-refractivity contribution < 1.29 is 13.3 Å². The second-order valence-corrected chi connectivity index (χ2v) is 4.06. The summed E-state index contributed by atoms with van der Waals surface area (Å²) in [6.45, 7) is 0.156. The van der Waals surface area contributed by atoms with Gasteiger partial charge in [0.25, 0.3) is 0 Å². The zero-order valence-electron chi connectivity index (χ0n) is 6.80. The Kier molecular flexibility index (Phi) is 2.99. The summed E-state index contributed by atoms with van der Waals surface area (Å²) in [6, 6.07) is 6.10. The van der Waals surface area contributed by atoms with E-state index in [9.17, 15) is 8.42 Å². The fourth-order valence-electron chi connectivity index (χ4n) is 0.908. The van der Waals surface area contributed by atoms with Crippen molar-refractivity contribution in [2.45, 2.75) is 11.5 Å². The molecule has 0 heterocycles. The summed E-state index contributed by atoms with van der Waals surface area (Å²) < 4.78 is 21.8. The molecule has 0 radical (unpaired) electrons. The van der Waals surface area contributed by atoms with Crippen LogP contribution in [0.2, 0.25) is 0 Å². The zero-order valence-corrected chi connectivity index (χ0v) is 7.62.